The number of ether oxygens (including phenoxy) is 1. The Labute approximate surface area is 138 Å². The Morgan fingerprint density at radius 1 is 1.27 bits per heavy atom. The van der Waals surface area contributed by atoms with Crippen molar-refractivity contribution in [2.75, 3.05) is 26.2 Å². The van der Waals surface area contributed by atoms with Crippen molar-refractivity contribution in [2.45, 2.75) is 37.9 Å². The molecule has 2 aliphatic rings. The van der Waals surface area contributed by atoms with Gasteiger partial charge in [-0.15, -0.1) is 12.4 Å². The number of nitrogens with one attached hydrogen (secondary N) is 1. The van der Waals surface area contributed by atoms with Crippen LogP contribution in [-0.2, 0) is 16.0 Å². The van der Waals surface area contributed by atoms with Crippen LogP contribution < -0.4 is 5.32 Å². The molecule has 0 radical (unpaired) electrons. The summed E-state index contributed by atoms with van der Waals surface area (Å²) in [7, 11) is 0. The minimum atomic E-state index is -0.311. The van der Waals surface area contributed by atoms with E-state index in [1.54, 1.807) is 0 Å². The van der Waals surface area contributed by atoms with Crippen LogP contribution in [0.15, 0.2) is 30.3 Å². The third-order valence-corrected chi connectivity index (χ3v) is 4.71. The Morgan fingerprint density at radius 3 is 2.59 bits per heavy atom. The number of carbonyl (C=O) groups is 1. The van der Waals surface area contributed by atoms with Crippen molar-refractivity contribution in [3.05, 3.63) is 35.9 Å². The van der Waals surface area contributed by atoms with Crippen LogP contribution in [0.25, 0.3) is 0 Å². The number of hydrogen-bond acceptors (Lipinski definition) is 3. The predicted octanol–water partition coefficient (Wildman–Crippen LogP) is 2.02. The molecule has 1 N–H and O–H groups in total. The molecular formula is C17H25ClN2O2. The van der Waals surface area contributed by atoms with Crippen LogP contribution in [0.3, 0.4) is 0 Å². The van der Waals surface area contributed by atoms with Gasteiger partial charge < -0.3 is 15.0 Å². The summed E-state index contributed by atoms with van der Waals surface area (Å²) in [6.45, 7) is 5.72. The van der Waals surface area contributed by atoms with E-state index in [9.17, 15) is 4.79 Å². The molecule has 0 bridgehead atoms. The number of piperidine rings is 1. The summed E-state index contributed by atoms with van der Waals surface area (Å²) in [5, 5.41) is 2.98. The molecule has 2 heterocycles. The van der Waals surface area contributed by atoms with Gasteiger partial charge in [-0.25, -0.2) is 0 Å². The smallest absolute Gasteiger partial charge is 0.248 e. The number of likely N-dealkylation sites (tertiary alicyclic amines) is 1. The van der Waals surface area contributed by atoms with E-state index in [2.05, 4.69) is 40.5 Å². The normalized spacial score (nSPS) is 24.6. The fourth-order valence-electron chi connectivity index (χ4n) is 3.27. The Bertz CT molecular complexity index is 487. The van der Waals surface area contributed by atoms with Gasteiger partial charge >= 0.3 is 0 Å². The lowest BCUT2D eigenvalue weighted by Gasteiger charge is -2.45. The molecule has 3 rings (SSSR count). The lowest BCUT2D eigenvalue weighted by atomic mass is 9.89. The lowest BCUT2D eigenvalue weighted by molar-refractivity contribution is -0.167. The van der Waals surface area contributed by atoms with Gasteiger partial charge in [0, 0.05) is 26.2 Å². The van der Waals surface area contributed by atoms with Gasteiger partial charge in [-0.2, -0.15) is 0 Å². The Morgan fingerprint density at radius 2 is 1.95 bits per heavy atom. The molecule has 1 aromatic rings. The number of amides is 1. The fraction of sp³-hybridized carbons (Fsp3) is 0.588. The van der Waals surface area contributed by atoms with Crippen molar-refractivity contribution in [1.82, 2.24) is 10.2 Å². The van der Waals surface area contributed by atoms with Crippen molar-refractivity contribution < 1.29 is 9.53 Å². The molecule has 1 amide bonds. The third-order valence-electron chi connectivity index (χ3n) is 4.71. The highest BCUT2D eigenvalue weighted by Gasteiger charge is 2.41. The van der Waals surface area contributed by atoms with E-state index >= 15 is 0 Å². The molecule has 1 atom stereocenters. The van der Waals surface area contributed by atoms with Crippen LogP contribution in [-0.4, -0.2) is 48.7 Å². The molecule has 0 aliphatic carbocycles. The average Bonchev–Trinajstić information content (AvgIpc) is 2.52. The molecule has 1 aromatic carbocycles. The van der Waals surface area contributed by atoms with E-state index in [4.69, 9.17) is 4.74 Å². The molecule has 1 unspecified atom stereocenters. The molecule has 1 spiro atoms. The quantitative estimate of drug-likeness (QED) is 0.925. The number of morpholine rings is 1. The first-order chi connectivity index (χ1) is 10.2. The molecule has 122 valence electrons. The maximum atomic E-state index is 11.5. The third kappa shape index (κ3) is 4.00. The number of benzene rings is 1. The zero-order valence-electron chi connectivity index (χ0n) is 13.1. The molecule has 4 nitrogen and oxygen atoms in total. The fourth-order valence-corrected chi connectivity index (χ4v) is 3.27. The lowest BCUT2D eigenvalue weighted by Crippen LogP contribution is -2.60. The minimum Gasteiger partial charge on any atom is -0.360 e. The van der Waals surface area contributed by atoms with Crippen LogP contribution in [0, 0.1) is 0 Å². The monoisotopic (exact) mass is 324 g/mol. The van der Waals surface area contributed by atoms with Gasteiger partial charge in [0.05, 0.1) is 5.60 Å². The van der Waals surface area contributed by atoms with Crippen molar-refractivity contribution in [3.63, 3.8) is 0 Å². The minimum absolute atomic E-state index is 0. The highest BCUT2D eigenvalue weighted by atomic mass is 35.5. The molecule has 2 aliphatic heterocycles. The number of nitrogens with zero attached hydrogens (tertiary/aromatic N) is 1. The molecule has 2 fully saturated rings. The van der Waals surface area contributed by atoms with Gasteiger partial charge in [0.25, 0.3) is 0 Å². The van der Waals surface area contributed by atoms with Crippen LogP contribution in [0.1, 0.15) is 25.3 Å². The molecule has 5 heteroatoms. The topological polar surface area (TPSA) is 41.6 Å². The summed E-state index contributed by atoms with van der Waals surface area (Å²) in [5.41, 5.74) is 1.27. The zero-order valence-corrected chi connectivity index (χ0v) is 13.9. The van der Waals surface area contributed by atoms with Gasteiger partial charge in [0.1, 0.15) is 6.10 Å². The average molecular weight is 325 g/mol. The predicted molar refractivity (Wildman–Crippen MR) is 89.4 cm³/mol. The summed E-state index contributed by atoms with van der Waals surface area (Å²) in [4.78, 5) is 14.0. The van der Waals surface area contributed by atoms with Crippen LogP contribution in [0.2, 0.25) is 0 Å². The SMILES string of the molecule is CC1OC2(CCN(CCc3ccccc3)CC2)CNC1=O.Cl. The molecule has 0 saturated carbocycles. The first-order valence-electron chi connectivity index (χ1n) is 7.89. The standard InChI is InChI=1S/C17H24N2O2.ClH/c1-14-16(20)18-13-17(21-14)8-11-19(12-9-17)10-7-15-5-3-2-4-6-15;/h2-6,14H,7-13H2,1H3,(H,18,20);1H. The first kappa shape index (κ1) is 17.3. The summed E-state index contributed by atoms with van der Waals surface area (Å²) in [6, 6.07) is 10.6. The van der Waals surface area contributed by atoms with Crippen LogP contribution in [0.4, 0.5) is 0 Å². The highest BCUT2D eigenvalue weighted by Crippen LogP contribution is 2.29. The Balaban J connectivity index is 0.00000176. The highest BCUT2D eigenvalue weighted by molar-refractivity contribution is 5.85. The number of halogens is 1. The largest absolute Gasteiger partial charge is 0.360 e. The number of carbonyl (C=O) groups excluding carboxylic acids is 1. The second kappa shape index (κ2) is 7.44. The van der Waals surface area contributed by atoms with Gasteiger partial charge in [-0.05, 0) is 31.7 Å². The number of rotatable bonds is 3. The van der Waals surface area contributed by atoms with Crippen molar-refractivity contribution in [1.29, 1.82) is 0 Å². The van der Waals surface area contributed by atoms with E-state index < -0.39 is 0 Å². The zero-order chi connectivity index (χ0) is 14.7. The van der Waals surface area contributed by atoms with Crippen molar-refractivity contribution in [3.8, 4) is 0 Å². The maximum absolute atomic E-state index is 11.5. The Kier molecular flexibility index (Phi) is 5.84. The van der Waals surface area contributed by atoms with Gasteiger partial charge in [0.15, 0.2) is 0 Å². The summed E-state index contributed by atoms with van der Waals surface area (Å²) >= 11 is 0. The molecular weight excluding hydrogens is 300 g/mol. The first-order valence-corrected chi connectivity index (χ1v) is 7.89. The van der Waals surface area contributed by atoms with E-state index in [-0.39, 0.29) is 30.0 Å². The van der Waals surface area contributed by atoms with Crippen molar-refractivity contribution >= 4 is 18.3 Å². The van der Waals surface area contributed by atoms with E-state index in [0.29, 0.717) is 6.54 Å². The maximum Gasteiger partial charge on any atom is 0.248 e. The summed E-state index contributed by atoms with van der Waals surface area (Å²) in [5.74, 6) is 0.0205. The van der Waals surface area contributed by atoms with Gasteiger partial charge in [-0.3, -0.25) is 4.79 Å². The van der Waals surface area contributed by atoms with E-state index in [1.165, 1.54) is 5.56 Å². The van der Waals surface area contributed by atoms with E-state index in [1.807, 2.05) is 6.92 Å². The molecule has 2 saturated heterocycles. The molecule has 22 heavy (non-hydrogen) atoms. The van der Waals surface area contributed by atoms with Crippen LogP contribution >= 0.6 is 12.4 Å². The summed E-state index contributed by atoms with van der Waals surface area (Å²) in [6.07, 6.45) is 2.80. The van der Waals surface area contributed by atoms with Crippen molar-refractivity contribution in [2.24, 2.45) is 0 Å². The summed E-state index contributed by atoms with van der Waals surface area (Å²) < 4.78 is 6.00. The number of hydrogen-bond donors (Lipinski definition) is 1. The van der Waals surface area contributed by atoms with Gasteiger partial charge in [-0.1, -0.05) is 30.3 Å². The molecule has 0 aromatic heterocycles. The second-order valence-corrected chi connectivity index (χ2v) is 6.24. The Hall–Kier alpha value is -1.10. The van der Waals surface area contributed by atoms with Gasteiger partial charge in [0.2, 0.25) is 5.91 Å². The van der Waals surface area contributed by atoms with Crippen LogP contribution in [0.5, 0.6) is 0 Å². The second-order valence-electron chi connectivity index (χ2n) is 6.24. The van der Waals surface area contributed by atoms with E-state index in [0.717, 1.165) is 38.9 Å².